The highest BCUT2D eigenvalue weighted by atomic mass is 35.5. The summed E-state index contributed by atoms with van der Waals surface area (Å²) < 4.78 is 12.4. The zero-order valence-corrected chi connectivity index (χ0v) is 16.7. The number of carbonyl (C=O) groups is 1. The summed E-state index contributed by atoms with van der Waals surface area (Å²) in [5, 5.41) is 14.1. The normalized spacial score (nSPS) is 16.0. The number of morpholine rings is 1. The molecule has 2 N–H and O–H groups in total. The number of nitrogens with one attached hydrogen (secondary N) is 2. The van der Waals surface area contributed by atoms with E-state index in [1.54, 1.807) is 18.0 Å². The number of carbonyl (C=O) groups excluding carboxylic acids is 1. The van der Waals surface area contributed by atoms with Gasteiger partial charge in [0.1, 0.15) is 5.75 Å². The first kappa shape index (κ1) is 20.8. The van der Waals surface area contributed by atoms with Crippen LogP contribution in [0.3, 0.4) is 0 Å². The predicted molar refractivity (Wildman–Crippen MR) is 111 cm³/mol. The van der Waals surface area contributed by atoms with Gasteiger partial charge in [-0.05, 0) is 42.0 Å². The largest absolute Gasteiger partial charge is 0.497 e. The van der Waals surface area contributed by atoms with Crippen molar-refractivity contribution >= 4 is 24.0 Å². The van der Waals surface area contributed by atoms with Crippen LogP contribution in [0.15, 0.2) is 54.7 Å². The Morgan fingerprint density at radius 3 is 2.62 bits per heavy atom. The maximum Gasteiger partial charge on any atom is 0.277 e. The molecule has 152 valence electrons. The van der Waals surface area contributed by atoms with Gasteiger partial charge in [-0.3, -0.25) is 4.79 Å². The lowest BCUT2D eigenvalue weighted by atomic mass is 10.1. The third kappa shape index (κ3) is 4.92. The number of amides is 1. The molecule has 2 aromatic carbocycles. The number of halogens is 1. The molecule has 1 aliphatic heterocycles. The van der Waals surface area contributed by atoms with Crippen molar-refractivity contribution < 1.29 is 14.3 Å². The highest BCUT2D eigenvalue weighted by molar-refractivity contribution is 6.02. The van der Waals surface area contributed by atoms with Crippen molar-refractivity contribution in [3.05, 3.63) is 66.0 Å². The molecule has 29 heavy (non-hydrogen) atoms. The van der Waals surface area contributed by atoms with Gasteiger partial charge in [-0.15, -0.1) is 17.5 Å². The number of benzene rings is 2. The number of rotatable bonds is 5. The van der Waals surface area contributed by atoms with E-state index in [0.29, 0.717) is 12.3 Å². The molecule has 8 nitrogen and oxygen atoms in total. The lowest BCUT2D eigenvalue weighted by Gasteiger charge is -2.24. The topological polar surface area (TPSA) is 90.3 Å². The van der Waals surface area contributed by atoms with E-state index in [-0.39, 0.29) is 30.1 Å². The van der Waals surface area contributed by atoms with Gasteiger partial charge in [-0.1, -0.05) is 17.3 Å². The maximum absolute atomic E-state index is 12.5. The summed E-state index contributed by atoms with van der Waals surface area (Å²) in [4.78, 5) is 12.5. The first-order valence-electron chi connectivity index (χ1n) is 9.03. The minimum absolute atomic E-state index is 0. The van der Waals surface area contributed by atoms with E-state index < -0.39 is 0 Å². The summed E-state index contributed by atoms with van der Waals surface area (Å²) in [5.74, 6) is 0.433. The molecule has 0 aliphatic carbocycles. The maximum atomic E-state index is 12.5. The summed E-state index contributed by atoms with van der Waals surface area (Å²) in [7, 11) is 1.61. The molecule has 0 spiro atoms. The third-order valence-corrected chi connectivity index (χ3v) is 4.53. The fourth-order valence-electron chi connectivity index (χ4n) is 2.98. The lowest BCUT2D eigenvalue weighted by molar-refractivity contribution is 0.0277. The zero-order chi connectivity index (χ0) is 19.3. The molecule has 3 aromatic rings. The average Bonchev–Trinajstić information content (AvgIpc) is 3.25. The molecule has 4 rings (SSSR count). The van der Waals surface area contributed by atoms with E-state index in [2.05, 4.69) is 20.9 Å². The number of methoxy groups -OCH3 is 1. The zero-order valence-electron chi connectivity index (χ0n) is 15.9. The van der Waals surface area contributed by atoms with Crippen molar-refractivity contribution in [1.82, 2.24) is 20.3 Å². The van der Waals surface area contributed by atoms with Crippen LogP contribution in [0.5, 0.6) is 5.75 Å². The molecule has 1 atom stereocenters. The molecule has 1 unspecified atom stereocenters. The number of nitrogens with zero attached hydrogens (tertiary/aromatic N) is 3. The van der Waals surface area contributed by atoms with Gasteiger partial charge in [0.2, 0.25) is 0 Å². The standard InChI is InChI=1S/C20H21N5O3.ClH/c1-27-17-8-6-16(7-9-17)25-13-18(23-24-25)20(26)22-15-4-2-14(3-5-15)19-12-21-10-11-28-19;/h2-9,13,19,21H,10-12H2,1H3,(H,22,26);1H. The quantitative estimate of drug-likeness (QED) is 0.665. The summed E-state index contributed by atoms with van der Waals surface area (Å²) >= 11 is 0. The van der Waals surface area contributed by atoms with Crippen molar-refractivity contribution in [3.8, 4) is 11.4 Å². The van der Waals surface area contributed by atoms with Crippen LogP contribution in [0.25, 0.3) is 5.69 Å². The Morgan fingerprint density at radius 1 is 1.21 bits per heavy atom. The number of anilines is 1. The molecule has 0 bridgehead atoms. The van der Waals surface area contributed by atoms with Gasteiger partial charge >= 0.3 is 0 Å². The van der Waals surface area contributed by atoms with Crippen molar-refractivity contribution in [1.29, 1.82) is 0 Å². The molecular weight excluding hydrogens is 394 g/mol. The number of aromatic nitrogens is 3. The summed E-state index contributed by atoms with van der Waals surface area (Å²) in [6, 6.07) is 15.0. The van der Waals surface area contributed by atoms with E-state index in [4.69, 9.17) is 9.47 Å². The van der Waals surface area contributed by atoms with Gasteiger partial charge in [-0.2, -0.15) is 0 Å². The molecule has 2 heterocycles. The second-order valence-corrected chi connectivity index (χ2v) is 6.39. The first-order chi connectivity index (χ1) is 13.7. The van der Waals surface area contributed by atoms with Crippen LogP contribution < -0.4 is 15.4 Å². The number of hydrogen-bond acceptors (Lipinski definition) is 6. The molecule has 1 aliphatic rings. The molecule has 9 heteroatoms. The van der Waals surface area contributed by atoms with Crippen LogP contribution in [0.4, 0.5) is 5.69 Å². The number of ether oxygens (including phenoxy) is 2. The van der Waals surface area contributed by atoms with Crippen molar-refractivity contribution in [2.45, 2.75) is 6.10 Å². The van der Waals surface area contributed by atoms with Crippen molar-refractivity contribution in [2.75, 3.05) is 32.1 Å². The Hall–Kier alpha value is -2.94. The lowest BCUT2D eigenvalue weighted by Crippen LogP contribution is -2.33. The van der Waals surface area contributed by atoms with E-state index in [9.17, 15) is 4.79 Å². The van der Waals surface area contributed by atoms with E-state index in [0.717, 1.165) is 30.1 Å². The van der Waals surface area contributed by atoms with Crippen molar-refractivity contribution in [3.63, 3.8) is 0 Å². The third-order valence-electron chi connectivity index (χ3n) is 4.53. The van der Waals surface area contributed by atoms with Gasteiger partial charge in [0.15, 0.2) is 5.69 Å². The Morgan fingerprint density at radius 2 is 1.97 bits per heavy atom. The minimum Gasteiger partial charge on any atom is -0.497 e. The Kier molecular flexibility index (Phi) is 6.82. The van der Waals surface area contributed by atoms with Crippen LogP contribution in [-0.2, 0) is 4.74 Å². The van der Waals surface area contributed by atoms with E-state index in [1.165, 1.54) is 0 Å². The van der Waals surface area contributed by atoms with Gasteiger partial charge in [0, 0.05) is 18.8 Å². The van der Waals surface area contributed by atoms with Crippen LogP contribution in [-0.4, -0.2) is 47.7 Å². The average molecular weight is 416 g/mol. The minimum atomic E-state index is -0.317. The first-order valence-corrected chi connectivity index (χ1v) is 9.03. The fourth-order valence-corrected chi connectivity index (χ4v) is 2.98. The molecule has 1 fully saturated rings. The van der Waals surface area contributed by atoms with Crippen LogP contribution in [0.1, 0.15) is 22.2 Å². The van der Waals surface area contributed by atoms with Gasteiger partial charge in [-0.25, -0.2) is 4.68 Å². The monoisotopic (exact) mass is 415 g/mol. The molecule has 0 radical (unpaired) electrons. The molecule has 0 saturated carbocycles. The predicted octanol–water partition coefficient (Wildman–Crippen LogP) is 2.61. The van der Waals surface area contributed by atoms with Crippen molar-refractivity contribution in [2.24, 2.45) is 0 Å². The van der Waals surface area contributed by atoms with Gasteiger partial charge < -0.3 is 20.1 Å². The van der Waals surface area contributed by atoms with Crippen LogP contribution >= 0.6 is 12.4 Å². The molecule has 1 aromatic heterocycles. The van der Waals surface area contributed by atoms with E-state index in [1.807, 2.05) is 48.5 Å². The van der Waals surface area contributed by atoms with Crippen LogP contribution in [0, 0.1) is 0 Å². The molecular formula is C20H22ClN5O3. The Labute approximate surface area is 174 Å². The summed E-state index contributed by atoms with van der Waals surface area (Å²) in [6.45, 7) is 2.37. The van der Waals surface area contributed by atoms with Gasteiger partial charge in [0.05, 0.1) is 31.7 Å². The highest BCUT2D eigenvalue weighted by Crippen LogP contribution is 2.21. The van der Waals surface area contributed by atoms with Gasteiger partial charge in [0.25, 0.3) is 5.91 Å². The molecule has 1 amide bonds. The number of hydrogen-bond donors (Lipinski definition) is 2. The summed E-state index contributed by atoms with van der Waals surface area (Å²) in [6.07, 6.45) is 1.63. The fraction of sp³-hybridized carbons (Fsp3) is 0.250. The second-order valence-electron chi connectivity index (χ2n) is 6.39. The highest BCUT2D eigenvalue weighted by Gasteiger charge is 2.16. The summed E-state index contributed by atoms with van der Waals surface area (Å²) in [5.41, 5.74) is 2.80. The SMILES string of the molecule is COc1ccc(-n2cc(C(=O)Nc3ccc(C4CNCCO4)cc3)nn2)cc1.Cl. The van der Waals surface area contributed by atoms with Crippen LogP contribution in [0.2, 0.25) is 0 Å². The smallest absolute Gasteiger partial charge is 0.277 e. The second kappa shape index (κ2) is 9.51. The Bertz CT molecular complexity index is 938. The Balaban J connectivity index is 0.00000240. The molecule has 1 saturated heterocycles. The van der Waals surface area contributed by atoms with E-state index >= 15 is 0 Å².